The number of carboxylic acid groups (broad SMARTS) is 1. The summed E-state index contributed by atoms with van der Waals surface area (Å²) < 4.78 is 0. The Morgan fingerprint density at radius 3 is 2.33 bits per heavy atom. The molecule has 0 aromatic rings. The van der Waals surface area contributed by atoms with Crippen LogP contribution in [0.1, 0.15) is 51.9 Å². The van der Waals surface area contributed by atoms with Crippen LogP contribution in [-0.2, 0) is 9.59 Å². The van der Waals surface area contributed by atoms with Gasteiger partial charge in [-0.3, -0.25) is 19.4 Å². The van der Waals surface area contributed by atoms with Gasteiger partial charge in [-0.15, -0.1) is 0 Å². The van der Waals surface area contributed by atoms with Crippen molar-refractivity contribution >= 4 is 11.9 Å². The molecule has 2 saturated heterocycles. The third-order valence-corrected chi connectivity index (χ3v) is 5.56. The molecule has 0 bridgehead atoms. The number of likely N-dealkylation sites (N-methyl/N-ethyl adjacent to an activating group) is 1. The molecule has 2 aliphatic heterocycles. The summed E-state index contributed by atoms with van der Waals surface area (Å²) in [7, 11) is 1.89. The molecule has 0 spiro atoms. The molecule has 2 heterocycles. The van der Waals surface area contributed by atoms with Crippen molar-refractivity contribution in [3.05, 3.63) is 0 Å². The first-order chi connectivity index (χ1) is 11.5. The number of likely N-dealkylation sites (tertiary alicyclic amines) is 2. The predicted octanol–water partition coefficient (Wildman–Crippen LogP) is 1.65. The predicted molar refractivity (Wildman–Crippen MR) is 94.0 cm³/mol. The van der Waals surface area contributed by atoms with Crippen LogP contribution in [0.15, 0.2) is 0 Å². The van der Waals surface area contributed by atoms with Gasteiger partial charge in [0.2, 0.25) is 5.91 Å². The molecule has 2 fully saturated rings. The highest BCUT2D eigenvalue weighted by Gasteiger charge is 2.29. The van der Waals surface area contributed by atoms with Gasteiger partial charge in [-0.25, -0.2) is 0 Å². The second kappa shape index (κ2) is 9.37. The van der Waals surface area contributed by atoms with E-state index in [0.717, 1.165) is 58.3 Å². The molecule has 0 aliphatic carbocycles. The third-order valence-electron chi connectivity index (χ3n) is 5.56. The first kappa shape index (κ1) is 19.2. The van der Waals surface area contributed by atoms with Gasteiger partial charge in [0, 0.05) is 25.7 Å². The van der Waals surface area contributed by atoms with Crippen molar-refractivity contribution in [3.8, 4) is 0 Å². The van der Waals surface area contributed by atoms with Crippen LogP contribution in [0.25, 0.3) is 0 Å². The van der Waals surface area contributed by atoms with Crippen LogP contribution in [0.4, 0.5) is 0 Å². The average molecular weight is 339 g/mol. The molecular weight excluding hydrogens is 306 g/mol. The Labute approximate surface area is 145 Å². The standard InChI is InChI=1S/C18H33N3O3/c1-15(18(24)21-10-5-3-4-6-11-21)20-12-7-8-16(9-13-20)19(2)14-17(22)23/h15-16H,3-14H2,1-2H3,(H,22,23). The Bertz CT molecular complexity index is 422. The third kappa shape index (κ3) is 5.45. The molecule has 0 radical (unpaired) electrons. The largest absolute Gasteiger partial charge is 0.480 e. The SMILES string of the molecule is CC(C(=O)N1CCCCCC1)N1CCCC(N(C)CC(=O)O)CC1. The number of amides is 1. The van der Waals surface area contributed by atoms with Gasteiger partial charge in [0.15, 0.2) is 0 Å². The van der Waals surface area contributed by atoms with Crippen LogP contribution < -0.4 is 0 Å². The first-order valence-electron chi connectivity index (χ1n) is 9.44. The number of hydrogen-bond donors (Lipinski definition) is 1. The highest BCUT2D eigenvalue weighted by Crippen LogP contribution is 2.19. The van der Waals surface area contributed by atoms with Crippen molar-refractivity contribution in [1.29, 1.82) is 0 Å². The number of aliphatic carboxylic acids is 1. The molecule has 2 atom stereocenters. The molecule has 6 heteroatoms. The lowest BCUT2D eigenvalue weighted by Crippen LogP contribution is -2.48. The van der Waals surface area contributed by atoms with E-state index in [9.17, 15) is 9.59 Å². The zero-order valence-corrected chi connectivity index (χ0v) is 15.2. The van der Waals surface area contributed by atoms with Crippen LogP contribution in [0.3, 0.4) is 0 Å². The highest BCUT2D eigenvalue weighted by molar-refractivity contribution is 5.81. The fourth-order valence-electron chi connectivity index (χ4n) is 3.98. The topological polar surface area (TPSA) is 64.1 Å². The van der Waals surface area contributed by atoms with Crippen molar-refractivity contribution in [3.63, 3.8) is 0 Å². The molecule has 138 valence electrons. The van der Waals surface area contributed by atoms with E-state index in [4.69, 9.17) is 5.11 Å². The Morgan fingerprint density at radius 1 is 1.04 bits per heavy atom. The normalized spacial score (nSPS) is 25.1. The highest BCUT2D eigenvalue weighted by atomic mass is 16.4. The smallest absolute Gasteiger partial charge is 0.317 e. The Morgan fingerprint density at radius 2 is 1.71 bits per heavy atom. The molecule has 0 aromatic carbocycles. The fraction of sp³-hybridized carbons (Fsp3) is 0.889. The molecule has 24 heavy (non-hydrogen) atoms. The van der Waals surface area contributed by atoms with Crippen LogP contribution in [0, 0.1) is 0 Å². The average Bonchev–Trinajstić information content (AvgIpc) is 2.95. The molecule has 6 nitrogen and oxygen atoms in total. The van der Waals surface area contributed by atoms with E-state index in [1.54, 1.807) is 0 Å². The van der Waals surface area contributed by atoms with Gasteiger partial charge in [-0.2, -0.15) is 0 Å². The maximum Gasteiger partial charge on any atom is 0.317 e. The monoisotopic (exact) mass is 339 g/mol. The molecule has 2 unspecified atom stereocenters. The molecule has 2 rings (SSSR count). The zero-order chi connectivity index (χ0) is 17.5. The quantitative estimate of drug-likeness (QED) is 0.825. The maximum absolute atomic E-state index is 12.8. The molecule has 1 N–H and O–H groups in total. The molecule has 1 amide bonds. The van der Waals surface area contributed by atoms with E-state index in [0.29, 0.717) is 6.04 Å². The van der Waals surface area contributed by atoms with Crippen molar-refractivity contribution in [2.75, 3.05) is 39.8 Å². The number of carbonyl (C=O) groups excluding carboxylic acids is 1. The van der Waals surface area contributed by atoms with Crippen LogP contribution in [0.2, 0.25) is 0 Å². The summed E-state index contributed by atoms with van der Waals surface area (Å²) in [5.41, 5.74) is 0. The van der Waals surface area contributed by atoms with E-state index < -0.39 is 5.97 Å². The van der Waals surface area contributed by atoms with Crippen molar-refractivity contribution < 1.29 is 14.7 Å². The summed E-state index contributed by atoms with van der Waals surface area (Å²) in [5, 5.41) is 8.96. The van der Waals surface area contributed by atoms with Crippen LogP contribution in [0.5, 0.6) is 0 Å². The number of carboxylic acids is 1. The number of hydrogen-bond acceptors (Lipinski definition) is 4. The molecule has 0 saturated carbocycles. The lowest BCUT2D eigenvalue weighted by atomic mass is 10.1. The lowest BCUT2D eigenvalue weighted by Gasteiger charge is -2.32. The minimum absolute atomic E-state index is 0.0633. The Hall–Kier alpha value is -1.14. The first-order valence-corrected chi connectivity index (χ1v) is 9.44. The van der Waals surface area contributed by atoms with Crippen molar-refractivity contribution in [2.24, 2.45) is 0 Å². The van der Waals surface area contributed by atoms with Crippen molar-refractivity contribution in [2.45, 2.75) is 64.0 Å². The number of carbonyl (C=O) groups is 2. The maximum atomic E-state index is 12.8. The van der Waals surface area contributed by atoms with E-state index in [-0.39, 0.29) is 18.5 Å². The van der Waals surface area contributed by atoms with Crippen LogP contribution in [-0.4, -0.2) is 83.5 Å². The van der Waals surface area contributed by atoms with E-state index in [1.165, 1.54) is 12.8 Å². The van der Waals surface area contributed by atoms with E-state index >= 15 is 0 Å². The summed E-state index contributed by atoms with van der Waals surface area (Å²) in [6.07, 6.45) is 7.68. The molecule has 2 aliphatic rings. The lowest BCUT2D eigenvalue weighted by molar-refractivity contribution is -0.138. The van der Waals surface area contributed by atoms with Gasteiger partial charge in [-0.05, 0) is 52.6 Å². The van der Waals surface area contributed by atoms with Gasteiger partial charge in [-0.1, -0.05) is 12.8 Å². The summed E-state index contributed by atoms with van der Waals surface area (Å²) in [6, 6.07) is 0.234. The van der Waals surface area contributed by atoms with Crippen LogP contribution >= 0.6 is 0 Å². The van der Waals surface area contributed by atoms with Gasteiger partial charge >= 0.3 is 5.97 Å². The second-order valence-corrected chi connectivity index (χ2v) is 7.35. The van der Waals surface area contributed by atoms with Gasteiger partial charge in [0.05, 0.1) is 12.6 Å². The Kier molecular flexibility index (Phi) is 7.49. The summed E-state index contributed by atoms with van der Waals surface area (Å²) >= 11 is 0. The second-order valence-electron chi connectivity index (χ2n) is 7.35. The number of nitrogens with zero attached hydrogens (tertiary/aromatic N) is 3. The molecule has 0 aromatic heterocycles. The van der Waals surface area contributed by atoms with Crippen molar-refractivity contribution in [1.82, 2.24) is 14.7 Å². The van der Waals surface area contributed by atoms with Gasteiger partial charge in [0.1, 0.15) is 0 Å². The van der Waals surface area contributed by atoms with Gasteiger partial charge < -0.3 is 10.0 Å². The number of rotatable bonds is 5. The van der Waals surface area contributed by atoms with Gasteiger partial charge in [0.25, 0.3) is 0 Å². The summed E-state index contributed by atoms with van der Waals surface area (Å²) in [5.74, 6) is -0.502. The van der Waals surface area contributed by atoms with E-state index in [2.05, 4.69) is 9.80 Å². The summed E-state index contributed by atoms with van der Waals surface area (Å²) in [4.78, 5) is 30.0. The fourth-order valence-corrected chi connectivity index (χ4v) is 3.98. The zero-order valence-electron chi connectivity index (χ0n) is 15.2. The molecular formula is C18H33N3O3. The summed E-state index contributed by atoms with van der Waals surface area (Å²) in [6.45, 7) is 5.73. The van der Waals surface area contributed by atoms with E-state index in [1.807, 2.05) is 18.9 Å². The Balaban J connectivity index is 1.87. The minimum Gasteiger partial charge on any atom is -0.480 e. The minimum atomic E-state index is -0.775.